The third-order valence-electron chi connectivity index (χ3n) is 7.17. The number of aromatic nitrogens is 3. The minimum atomic E-state index is -0.265. The zero-order valence-corrected chi connectivity index (χ0v) is 26.2. The van der Waals surface area contributed by atoms with Gasteiger partial charge in [-0.2, -0.15) is 0 Å². The van der Waals surface area contributed by atoms with Gasteiger partial charge in [0.1, 0.15) is 11.6 Å². The summed E-state index contributed by atoms with van der Waals surface area (Å²) in [5.41, 5.74) is 7.68. The Morgan fingerprint density at radius 3 is 2.23 bits per heavy atom. The van der Waals surface area contributed by atoms with E-state index in [4.69, 9.17) is 11.6 Å². The molecule has 0 aliphatic carbocycles. The van der Waals surface area contributed by atoms with E-state index in [9.17, 15) is 5.11 Å². The maximum atomic E-state index is 11.6. The van der Waals surface area contributed by atoms with Crippen molar-refractivity contribution in [2.75, 3.05) is 0 Å². The largest absolute Gasteiger partial charge is 0.507 e. The van der Waals surface area contributed by atoms with Gasteiger partial charge in [0.15, 0.2) is 0 Å². The van der Waals surface area contributed by atoms with Gasteiger partial charge in [-0.3, -0.25) is 4.98 Å². The van der Waals surface area contributed by atoms with Crippen molar-refractivity contribution in [2.24, 2.45) is 7.05 Å². The van der Waals surface area contributed by atoms with Crippen LogP contribution in [-0.2, 0) is 38.9 Å². The molecular formula is C34H33N4OPt-. The van der Waals surface area contributed by atoms with E-state index in [1.54, 1.807) is 6.20 Å². The molecule has 206 valence electrons. The van der Waals surface area contributed by atoms with Crippen LogP contribution < -0.4 is 0 Å². The van der Waals surface area contributed by atoms with Crippen LogP contribution in [0.15, 0.2) is 66.9 Å². The Morgan fingerprint density at radius 2 is 1.60 bits per heavy atom. The van der Waals surface area contributed by atoms with Gasteiger partial charge in [0.05, 0.1) is 23.2 Å². The van der Waals surface area contributed by atoms with Gasteiger partial charge in [-0.05, 0) is 28.5 Å². The number of aromatic hydroxyl groups is 1. The number of benzene rings is 3. The Bertz CT molecular complexity index is 1750. The molecule has 0 aliphatic heterocycles. The number of phenols is 1. The van der Waals surface area contributed by atoms with Gasteiger partial charge in [0, 0.05) is 45.6 Å². The third kappa shape index (κ3) is 5.21. The molecule has 3 aromatic carbocycles. The molecule has 5 rings (SSSR count). The molecule has 1 N–H and O–H groups in total. The van der Waals surface area contributed by atoms with Crippen LogP contribution in [0.3, 0.4) is 0 Å². The molecule has 0 spiro atoms. The summed E-state index contributed by atoms with van der Waals surface area (Å²) in [7, 11) is 1.91. The standard InChI is InChI=1S/C34H33N4O.Pt/c1-33(2,3)23-19-25(31(39)26(20-23)34(4,5)6)32-37-29-24(15-16-28(35-7)30(29)38(32)8)21-12-11-13-22(18-21)27-14-9-10-17-36-27;/h9-17,19-20,39H,1-6,8H3;/q-1;. The van der Waals surface area contributed by atoms with E-state index in [-0.39, 0.29) is 37.6 Å². The van der Waals surface area contributed by atoms with Crippen LogP contribution >= 0.6 is 0 Å². The van der Waals surface area contributed by atoms with Gasteiger partial charge in [0.25, 0.3) is 0 Å². The van der Waals surface area contributed by atoms with Gasteiger partial charge >= 0.3 is 0 Å². The topological polar surface area (TPSA) is 55.3 Å². The summed E-state index contributed by atoms with van der Waals surface area (Å²) < 4.78 is 1.93. The number of imidazole rings is 1. The maximum Gasteiger partial charge on any atom is 0.211 e. The summed E-state index contributed by atoms with van der Waals surface area (Å²) >= 11 is 0. The molecule has 2 aromatic heterocycles. The number of hydrogen-bond donors (Lipinski definition) is 1. The maximum absolute atomic E-state index is 11.6. The summed E-state index contributed by atoms with van der Waals surface area (Å²) in [6, 6.07) is 23.2. The first-order chi connectivity index (χ1) is 18.4. The molecule has 5 aromatic rings. The van der Waals surface area contributed by atoms with Gasteiger partial charge in [-0.1, -0.05) is 83.0 Å². The molecule has 0 fully saturated rings. The average molecular weight is 709 g/mol. The van der Waals surface area contributed by atoms with E-state index in [0.717, 1.165) is 39.0 Å². The van der Waals surface area contributed by atoms with E-state index in [1.807, 2.05) is 66.2 Å². The molecule has 0 atom stereocenters. The van der Waals surface area contributed by atoms with Gasteiger partial charge in [-0.15, -0.1) is 29.8 Å². The van der Waals surface area contributed by atoms with Gasteiger partial charge in [-0.25, -0.2) is 9.83 Å². The molecule has 0 radical (unpaired) electrons. The predicted molar refractivity (Wildman–Crippen MR) is 159 cm³/mol. The number of nitrogens with zero attached hydrogens (tertiary/aromatic N) is 4. The van der Waals surface area contributed by atoms with Crippen LogP contribution in [0.5, 0.6) is 5.75 Å². The number of aryl methyl sites for hydroxylation is 1. The Morgan fingerprint density at radius 1 is 0.875 bits per heavy atom. The number of fused-ring (bicyclic) bond motifs is 1. The molecule has 0 bridgehead atoms. The average Bonchev–Trinajstić information content (AvgIpc) is 3.24. The first kappa shape index (κ1) is 29.2. The summed E-state index contributed by atoms with van der Waals surface area (Å²) in [5.74, 6) is 0.848. The Hall–Kier alpha value is -3.74. The fraction of sp³-hybridized carbons (Fsp3) is 0.265. The summed E-state index contributed by atoms with van der Waals surface area (Å²) in [6.07, 6.45) is 1.77. The summed E-state index contributed by atoms with van der Waals surface area (Å²) in [4.78, 5) is 13.4. The zero-order valence-electron chi connectivity index (χ0n) is 23.9. The van der Waals surface area contributed by atoms with E-state index in [2.05, 4.69) is 63.5 Å². The molecule has 0 saturated carbocycles. The second-order valence-electron chi connectivity index (χ2n) is 12.0. The second-order valence-corrected chi connectivity index (χ2v) is 12.0. The van der Waals surface area contributed by atoms with E-state index < -0.39 is 0 Å². The van der Waals surface area contributed by atoms with E-state index in [0.29, 0.717) is 22.6 Å². The monoisotopic (exact) mass is 708 g/mol. The summed E-state index contributed by atoms with van der Waals surface area (Å²) in [5, 5.41) is 11.6. The second kappa shape index (κ2) is 10.7. The van der Waals surface area contributed by atoms with Gasteiger partial charge < -0.3 is 9.67 Å². The quantitative estimate of drug-likeness (QED) is 0.191. The third-order valence-corrected chi connectivity index (χ3v) is 7.17. The van der Waals surface area contributed by atoms with Crippen molar-refractivity contribution in [1.29, 1.82) is 0 Å². The van der Waals surface area contributed by atoms with E-state index >= 15 is 0 Å². The molecule has 40 heavy (non-hydrogen) atoms. The molecule has 0 amide bonds. The van der Waals surface area contributed by atoms with Crippen LogP contribution in [0.2, 0.25) is 0 Å². The van der Waals surface area contributed by atoms with Crippen molar-refractivity contribution in [3.05, 3.63) is 95.5 Å². The molecule has 0 saturated heterocycles. The molecule has 0 unspecified atom stereocenters. The molecule has 6 heteroatoms. The van der Waals surface area contributed by atoms with Crippen molar-refractivity contribution < 1.29 is 26.2 Å². The fourth-order valence-corrected chi connectivity index (χ4v) is 4.96. The van der Waals surface area contributed by atoms with Crippen molar-refractivity contribution in [1.82, 2.24) is 14.5 Å². The molecule has 5 nitrogen and oxygen atoms in total. The first-order valence-corrected chi connectivity index (χ1v) is 13.1. The first-order valence-electron chi connectivity index (χ1n) is 13.1. The van der Waals surface area contributed by atoms with Crippen LogP contribution in [-0.4, -0.2) is 19.6 Å². The van der Waals surface area contributed by atoms with Crippen molar-refractivity contribution >= 4 is 16.7 Å². The number of phenolic OH excluding ortho intramolecular Hbond substituents is 1. The SMILES string of the molecule is [C-]#[N+]c1ccc(-c2[c-]c(-c3ccccn3)ccc2)c2nc(-c3cc(C(C)(C)C)cc(C(C)(C)C)c3O)n(C)c12.[Pt]. The molecule has 2 heterocycles. The normalized spacial score (nSPS) is 11.8. The van der Waals surface area contributed by atoms with Crippen LogP contribution in [0.25, 0.3) is 49.7 Å². The Kier molecular flexibility index (Phi) is 7.81. The predicted octanol–water partition coefficient (Wildman–Crippen LogP) is 8.62. The number of hydrogen-bond acceptors (Lipinski definition) is 3. The van der Waals surface area contributed by atoms with Crippen molar-refractivity contribution in [3.8, 4) is 39.5 Å². The van der Waals surface area contributed by atoms with Gasteiger partial charge in [0.2, 0.25) is 5.69 Å². The van der Waals surface area contributed by atoms with E-state index in [1.165, 1.54) is 0 Å². The molecule has 0 aliphatic rings. The van der Waals surface area contributed by atoms with Crippen LogP contribution in [0.4, 0.5) is 5.69 Å². The minimum Gasteiger partial charge on any atom is -0.507 e. The van der Waals surface area contributed by atoms with Crippen molar-refractivity contribution in [3.63, 3.8) is 0 Å². The fourth-order valence-electron chi connectivity index (χ4n) is 4.96. The number of rotatable bonds is 3. The Labute approximate surface area is 251 Å². The minimum absolute atomic E-state index is 0. The van der Waals surface area contributed by atoms with Crippen molar-refractivity contribution in [2.45, 2.75) is 52.4 Å². The molecular weight excluding hydrogens is 675 g/mol. The Balaban J connectivity index is 0.00000370. The van der Waals surface area contributed by atoms with Crippen LogP contribution in [0, 0.1) is 12.6 Å². The smallest absolute Gasteiger partial charge is 0.211 e. The van der Waals surface area contributed by atoms with Crippen LogP contribution in [0.1, 0.15) is 52.7 Å². The summed E-state index contributed by atoms with van der Waals surface area (Å²) in [6.45, 7) is 20.7. The number of pyridine rings is 1. The zero-order chi connectivity index (χ0) is 28.1.